The quantitative estimate of drug-likeness (QED) is 0.808. The molecule has 0 atom stereocenters. The normalized spacial score (nSPS) is 24.4. The molecule has 0 amide bonds. The fraction of sp³-hybridized carbons (Fsp3) is 0.929. The van der Waals surface area contributed by atoms with Gasteiger partial charge in [0.2, 0.25) is 0 Å². The Morgan fingerprint density at radius 2 is 1.83 bits per heavy atom. The number of rotatable bonds is 5. The van der Waals surface area contributed by atoms with Crippen molar-refractivity contribution in [3.05, 3.63) is 0 Å². The van der Waals surface area contributed by atoms with Gasteiger partial charge in [-0.25, -0.2) is 0 Å². The van der Waals surface area contributed by atoms with Crippen LogP contribution in [0.1, 0.15) is 33.1 Å². The highest BCUT2D eigenvalue weighted by atomic mass is 16.4. The molecule has 2 heterocycles. The summed E-state index contributed by atoms with van der Waals surface area (Å²) in [7, 11) is 0. The van der Waals surface area contributed by atoms with Gasteiger partial charge in [-0.3, -0.25) is 9.69 Å². The van der Waals surface area contributed by atoms with Crippen molar-refractivity contribution in [2.24, 2.45) is 11.3 Å². The summed E-state index contributed by atoms with van der Waals surface area (Å²) in [6, 6.07) is 0. The van der Waals surface area contributed by atoms with Gasteiger partial charge in [-0.15, -0.1) is 0 Å². The number of carboxylic acids is 1. The average Bonchev–Trinajstić information content (AvgIpc) is 2.25. The number of piperidine rings is 1. The van der Waals surface area contributed by atoms with Crippen molar-refractivity contribution in [3.63, 3.8) is 0 Å². The number of hydrogen-bond donors (Lipinski definition) is 1. The lowest BCUT2D eigenvalue weighted by molar-refractivity contribution is -0.143. The standard InChI is InChI=1S/C14H26N2O2/c1-12(2)3-6-15-7-4-14(5-8-15)10-16(11-14)9-13(17)18/h12H,3-11H2,1-2H3,(H,17,18). The van der Waals surface area contributed by atoms with E-state index in [-0.39, 0.29) is 6.54 Å². The predicted molar refractivity (Wildman–Crippen MR) is 71.6 cm³/mol. The summed E-state index contributed by atoms with van der Waals surface area (Å²) in [5.41, 5.74) is 0.448. The molecule has 0 saturated carbocycles. The van der Waals surface area contributed by atoms with E-state index in [9.17, 15) is 4.79 Å². The summed E-state index contributed by atoms with van der Waals surface area (Å²) in [6.07, 6.45) is 3.79. The SMILES string of the molecule is CC(C)CCN1CCC2(CC1)CN(CC(=O)O)C2. The third kappa shape index (κ3) is 3.45. The van der Waals surface area contributed by atoms with Gasteiger partial charge in [-0.1, -0.05) is 13.8 Å². The predicted octanol–water partition coefficient (Wildman–Crippen LogP) is 1.51. The minimum absolute atomic E-state index is 0.221. The topological polar surface area (TPSA) is 43.8 Å². The van der Waals surface area contributed by atoms with Crippen molar-refractivity contribution >= 4 is 5.97 Å². The first-order valence-corrected chi connectivity index (χ1v) is 7.16. The molecule has 18 heavy (non-hydrogen) atoms. The molecular formula is C14H26N2O2. The Morgan fingerprint density at radius 1 is 1.22 bits per heavy atom. The highest BCUT2D eigenvalue weighted by Gasteiger charge is 2.44. The molecule has 0 bridgehead atoms. The summed E-state index contributed by atoms with van der Waals surface area (Å²) in [4.78, 5) is 15.3. The van der Waals surface area contributed by atoms with Crippen molar-refractivity contribution in [2.75, 3.05) is 39.3 Å². The Labute approximate surface area is 110 Å². The maximum atomic E-state index is 10.6. The molecule has 0 radical (unpaired) electrons. The third-order valence-electron chi connectivity index (χ3n) is 4.42. The fourth-order valence-electron chi connectivity index (χ4n) is 3.21. The molecule has 1 N–H and O–H groups in total. The second-order valence-corrected chi connectivity index (χ2v) is 6.56. The van der Waals surface area contributed by atoms with Gasteiger partial charge in [0.1, 0.15) is 0 Å². The summed E-state index contributed by atoms with van der Waals surface area (Å²) in [5.74, 6) is 0.0925. The first-order valence-electron chi connectivity index (χ1n) is 7.16. The first-order chi connectivity index (χ1) is 8.49. The molecule has 2 aliphatic rings. The molecule has 0 aromatic carbocycles. The van der Waals surface area contributed by atoms with Gasteiger partial charge in [0, 0.05) is 13.1 Å². The zero-order valence-electron chi connectivity index (χ0n) is 11.7. The van der Waals surface area contributed by atoms with E-state index in [4.69, 9.17) is 5.11 Å². The van der Waals surface area contributed by atoms with Gasteiger partial charge in [-0.05, 0) is 50.2 Å². The van der Waals surface area contributed by atoms with Crippen LogP contribution in [-0.4, -0.2) is 60.1 Å². The molecule has 0 unspecified atom stereocenters. The van der Waals surface area contributed by atoms with E-state index >= 15 is 0 Å². The largest absolute Gasteiger partial charge is 0.480 e. The summed E-state index contributed by atoms with van der Waals surface area (Å²) in [5, 5.41) is 8.75. The van der Waals surface area contributed by atoms with Gasteiger partial charge in [0.25, 0.3) is 0 Å². The summed E-state index contributed by atoms with van der Waals surface area (Å²) < 4.78 is 0. The molecule has 2 saturated heterocycles. The molecule has 4 nitrogen and oxygen atoms in total. The highest BCUT2D eigenvalue weighted by Crippen LogP contribution is 2.40. The van der Waals surface area contributed by atoms with E-state index < -0.39 is 5.97 Å². The number of aliphatic carboxylic acids is 1. The van der Waals surface area contributed by atoms with Crippen LogP contribution in [0.5, 0.6) is 0 Å². The van der Waals surface area contributed by atoms with Gasteiger partial charge in [0.15, 0.2) is 0 Å². The molecule has 0 aromatic rings. The Hall–Kier alpha value is -0.610. The molecule has 2 fully saturated rings. The van der Waals surface area contributed by atoms with Crippen LogP contribution in [0.3, 0.4) is 0 Å². The lowest BCUT2D eigenvalue weighted by atomic mass is 9.72. The number of carboxylic acid groups (broad SMARTS) is 1. The first kappa shape index (κ1) is 13.8. The molecule has 104 valence electrons. The Bertz CT molecular complexity index is 288. The van der Waals surface area contributed by atoms with Crippen molar-refractivity contribution in [3.8, 4) is 0 Å². The van der Waals surface area contributed by atoms with Crippen LogP contribution in [0.4, 0.5) is 0 Å². The van der Waals surface area contributed by atoms with Crippen LogP contribution in [-0.2, 0) is 4.79 Å². The van der Waals surface area contributed by atoms with Gasteiger partial charge >= 0.3 is 5.97 Å². The van der Waals surface area contributed by atoms with E-state index in [2.05, 4.69) is 23.6 Å². The molecule has 4 heteroatoms. The molecular weight excluding hydrogens is 228 g/mol. The van der Waals surface area contributed by atoms with E-state index in [0.717, 1.165) is 19.0 Å². The van der Waals surface area contributed by atoms with Crippen LogP contribution in [0.15, 0.2) is 0 Å². The summed E-state index contributed by atoms with van der Waals surface area (Å²) in [6.45, 7) is 10.4. The van der Waals surface area contributed by atoms with Gasteiger partial charge < -0.3 is 10.0 Å². The zero-order chi connectivity index (χ0) is 13.2. The second kappa shape index (κ2) is 5.57. The Balaban J connectivity index is 1.67. The smallest absolute Gasteiger partial charge is 0.317 e. The number of hydrogen-bond acceptors (Lipinski definition) is 3. The van der Waals surface area contributed by atoms with Crippen molar-refractivity contribution in [1.82, 2.24) is 9.80 Å². The van der Waals surface area contributed by atoms with Crippen LogP contribution in [0, 0.1) is 11.3 Å². The average molecular weight is 254 g/mol. The number of likely N-dealkylation sites (tertiary alicyclic amines) is 2. The monoisotopic (exact) mass is 254 g/mol. The molecule has 1 spiro atoms. The minimum atomic E-state index is -0.695. The molecule has 2 rings (SSSR count). The van der Waals surface area contributed by atoms with E-state index in [1.165, 1.54) is 38.9 Å². The highest BCUT2D eigenvalue weighted by molar-refractivity contribution is 5.69. The lowest BCUT2D eigenvalue weighted by Gasteiger charge is -2.53. The minimum Gasteiger partial charge on any atom is -0.480 e. The second-order valence-electron chi connectivity index (χ2n) is 6.56. The maximum absolute atomic E-state index is 10.6. The van der Waals surface area contributed by atoms with Crippen molar-refractivity contribution in [1.29, 1.82) is 0 Å². The van der Waals surface area contributed by atoms with Crippen LogP contribution >= 0.6 is 0 Å². The van der Waals surface area contributed by atoms with Crippen molar-refractivity contribution < 1.29 is 9.90 Å². The third-order valence-corrected chi connectivity index (χ3v) is 4.42. The van der Waals surface area contributed by atoms with Gasteiger partial charge in [0.05, 0.1) is 6.54 Å². The molecule has 0 aromatic heterocycles. The Kier molecular flexibility index (Phi) is 4.28. The van der Waals surface area contributed by atoms with Crippen LogP contribution in [0.2, 0.25) is 0 Å². The van der Waals surface area contributed by atoms with E-state index in [1.54, 1.807) is 0 Å². The molecule has 2 aliphatic heterocycles. The van der Waals surface area contributed by atoms with Crippen molar-refractivity contribution in [2.45, 2.75) is 33.1 Å². The molecule has 0 aliphatic carbocycles. The van der Waals surface area contributed by atoms with Crippen LogP contribution in [0.25, 0.3) is 0 Å². The maximum Gasteiger partial charge on any atom is 0.317 e. The lowest BCUT2D eigenvalue weighted by Crippen LogP contribution is -2.61. The van der Waals surface area contributed by atoms with E-state index in [0.29, 0.717) is 5.41 Å². The fourth-order valence-corrected chi connectivity index (χ4v) is 3.21. The van der Waals surface area contributed by atoms with E-state index in [1.807, 2.05) is 0 Å². The summed E-state index contributed by atoms with van der Waals surface area (Å²) >= 11 is 0. The Morgan fingerprint density at radius 3 is 2.33 bits per heavy atom. The van der Waals surface area contributed by atoms with Crippen LogP contribution < -0.4 is 0 Å². The zero-order valence-corrected chi connectivity index (χ0v) is 11.7. The number of nitrogens with zero attached hydrogens (tertiary/aromatic N) is 2. The van der Waals surface area contributed by atoms with Gasteiger partial charge in [-0.2, -0.15) is 0 Å². The number of carbonyl (C=O) groups is 1.